The normalized spacial score (nSPS) is 11.1. The molecule has 1 rings (SSSR count). The van der Waals surface area contributed by atoms with E-state index in [1.807, 2.05) is 23.5 Å². The lowest BCUT2D eigenvalue weighted by molar-refractivity contribution is 1.21. The van der Waals surface area contributed by atoms with Gasteiger partial charge in [-0.05, 0) is 86.4 Å². The first kappa shape index (κ1) is 20.6. The van der Waals surface area contributed by atoms with Crippen molar-refractivity contribution in [3.05, 3.63) is 29.0 Å². The van der Waals surface area contributed by atoms with Gasteiger partial charge in [0.1, 0.15) is 0 Å². The summed E-state index contributed by atoms with van der Waals surface area (Å²) >= 11 is 27.1. The summed E-state index contributed by atoms with van der Waals surface area (Å²) < 4.78 is 4.41. The van der Waals surface area contributed by atoms with Gasteiger partial charge in [-0.2, -0.15) is 48.8 Å². The molecule has 0 aromatic heterocycles. The van der Waals surface area contributed by atoms with Crippen LogP contribution in [0.5, 0.6) is 0 Å². The number of hydrogen-bond donors (Lipinski definition) is 2. The van der Waals surface area contributed by atoms with Crippen LogP contribution in [0.15, 0.2) is 17.9 Å². The first-order valence-corrected chi connectivity index (χ1v) is 12.5. The number of thioether (sulfide) groups is 2. The topological polar surface area (TPSA) is 0 Å². The molecule has 1 aromatic rings. The fourth-order valence-electron chi connectivity index (χ4n) is 1.50. The first-order valence-electron chi connectivity index (χ1n) is 5.75. The molecule has 0 bridgehead atoms. The van der Waals surface area contributed by atoms with Crippen molar-refractivity contribution < 1.29 is 0 Å². The summed E-state index contributed by atoms with van der Waals surface area (Å²) in [4.78, 5) is 0. The van der Waals surface area contributed by atoms with Crippen LogP contribution >= 0.6 is 113 Å². The molecule has 0 aliphatic heterocycles. The Morgan fingerprint density at radius 2 is 1.00 bits per heavy atom. The van der Waals surface area contributed by atoms with Crippen molar-refractivity contribution in [2.75, 3.05) is 23.0 Å². The maximum atomic E-state index is 4.27. The fourth-order valence-corrected chi connectivity index (χ4v) is 6.80. The third-order valence-corrected chi connectivity index (χ3v) is 10.4. The van der Waals surface area contributed by atoms with Crippen LogP contribution in [0.25, 0.3) is 0 Å². The summed E-state index contributed by atoms with van der Waals surface area (Å²) in [5.41, 5.74) is 2.70. The van der Waals surface area contributed by atoms with Gasteiger partial charge >= 0.3 is 0 Å². The Bertz CT molecular complexity index is 413. The standard InChI is InChI=1S/C12H14Br4S4/c13-9-7(5-19-3-1-17)8(6-20-4-2-18)10(14)12(16)11(9)15/h17-18H,1-6H2. The zero-order valence-electron chi connectivity index (χ0n) is 10.5. The SMILES string of the molecule is SCCSCc1c(Br)c(Br)c(Br)c(Br)c1CSCCS. The predicted molar refractivity (Wildman–Crippen MR) is 117 cm³/mol. The van der Waals surface area contributed by atoms with E-state index >= 15 is 0 Å². The molecule has 0 aliphatic carbocycles. The van der Waals surface area contributed by atoms with Gasteiger partial charge in [-0.3, -0.25) is 0 Å². The van der Waals surface area contributed by atoms with Gasteiger partial charge in [0, 0.05) is 40.9 Å². The fraction of sp³-hybridized carbons (Fsp3) is 0.500. The summed E-state index contributed by atoms with van der Waals surface area (Å²) in [6.45, 7) is 0. The van der Waals surface area contributed by atoms with Gasteiger partial charge < -0.3 is 0 Å². The lowest BCUT2D eigenvalue weighted by Gasteiger charge is -2.17. The monoisotopic (exact) mass is 602 g/mol. The minimum Gasteiger partial charge on any atom is -0.179 e. The second kappa shape index (κ2) is 11.2. The van der Waals surface area contributed by atoms with E-state index in [1.165, 1.54) is 11.1 Å². The zero-order chi connectivity index (χ0) is 15.1. The Morgan fingerprint density at radius 1 is 0.650 bits per heavy atom. The Kier molecular flexibility index (Phi) is 11.5. The van der Waals surface area contributed by atoms with Crippen molar-refractivity contribution in [2.45, 2.75) is 11.5 Å². The lowest BCUT2D eigenvalue weighted by Crippen LogP contribution is -1.99. The van der Waals surface area contributed by atoms with Gasteiger partial charge in [-0.15, -0.1) is 0 Å². The van der Waals surface area contributed by atoms with Gasteiger partial charge in [-0.25, -0.2) is 0 Å². The molecule has 0 saturated heterocycles. The summed E-state index contributed by atoms with van der Waals surface area (Å²) in [5.74, 6) is 5.91. The smallest absolute Gasteiger partial charge is 0.0474 e. The van der Waals surface area contributed by atoms with Crippen molar-refractivity contribution >= 4 is 113 Å². The van der Waals surface area contributed by atoms with E-state index in [9.17, 15) is 0 Å². The summed E-state index contributed by atoms with van der Waals surface area (Å²) in [6.07, 6.45) is 0. The molecular formula is C12H14Br4S4. The third-order valence-electron chi connectivity index (χ3n) is 2.44. The molecule has 0 fully saturated rings. The Labute approximate surface area is 174 Å². The van der Waals surface area contributed by atoms with Crippen LogP contribution in [0.2, 0.25) is 0 Å². The van der Waals surface area contributed by atoms with E-state index in [0.717, 1.165) is 52.4 Å². The number of rotatable bonds is 8. The molecule has 0 spiro atoms. The average Bonchev–Trinajstić information content (AvgIpc) is 2.45. The Hall–Kier alpha value is 2.54. The average molecular weight is 606 g/mol. The van der Waals surface area contributed by atoms with Gasteiger partial charge in [0.05, 0.1) is 0 Å². The molecule has 0 heterocycles. The molecule has 0 unspecified atom stereocenters. The molecule has 8 heteroatoms. The zero-order valence-corrected chi connectivity index (χ0v) is 20.2. The van der Waals surface area contributed by atoms with Crippen molar-refractivity contribution in [3.63, 3.8) is 0 Å². The number of halogens is 4. The molecule has 0 saturated carbocycles. The second-order valence-corrected chi connectivity index (χ2v) is 10.0. The van der Waals surface area contributed by atoms with Gasteiger partial charge in [0.2, 0.25) is 0 Å². The first-order chi connectivity index (χ1) is 9.54. The minimum absolute atomic E-state index is 0.908. The van der Waals surface area contributed by atoms with E-state index in [1.54, 1.807) is 0 Å². The maximum Gasteiger partial charge on any atom is 0.0474 e. The number of benzene rings is 1. The largest absolute Gasteiger partial charge is 0.179 e. The van der Waals surface area contributed by atoms with Crippen molar-refractivity contribution in [1.29, 1.82) is 0 Å². The highest BCUT2D eigenvalue weighted by Crippen LogP contribution is 2.44. The molecule has 0 radical (unpaired) electrons. The summed E-state index contributed by atoms with van der Waals surface area (Å²) in [5, 5.41) is 0. The van der Waals surface area contributed by atoms with Crippen LogP contribution in [0.3, 0.4) is 0 Å². The van der Waals surface area contributed by atoms with E-state index in [0.29, 0.717) is 0 Å². The molecule has 0 aliphatic rings. The predicted octanol–water partition coefficient (Wildman–Crippen LogP) is 7.06. The number of hydrogen-bond acceptors (Lipinski definition) is 4. The highest BCUT2D eigenvalue weighted by Gasteiger charge is 2.18. The molecular weight excluding hydrogens is 592 g/mol. The highest BCUT2D eigenvalue weighted by molar-refractivity contribution is 9.15. The Morgan fingerprint density at radius 3 is 1.30 bits per heavy atom. The lowest BCUT2D eigenvalue weighted by atomic mass is 10.1. The van der Waals surface area contributed by atoms with Crippen LogP contribution in [0, 0.1) is 0 Å². The van der Waals surface area contributed by atoms with E-state index in [4.69, 9.17) is 0 Å². The van der Waals surface area contributed by atoms with Gasteiger partial charge in [0.25, 0.3) is 0 Å². The van der Waals surface area contributed by atoms with Crippen LogP contribution in [-0.2, 0) is 11.5 Å². The van der Waals surface area contributed by atoms with E-state index < -0.39 is 0 Å². The van der Waals surface area contributed by atoms with Crippen LogP contribution in [-0.4, -0.2) is 23.0 Å². The Balaban J connectivity index is 3.08. The second-order valence-electron chi connectivity index (χ2n) is 3.77. The van der Waals surface area contributed by atoms with Gasteiger partial charge in [0.15, 0.2) is 0 Å². The quantitative estimate of drug-likeness (QED) is 0.141. The van der Waals surface area contributed by atoms with Crippen molar-refractivity contribution in [1.82, 2.24) is 0 Å². The maximum absolute atomic E-state index is 4.27. The molecule has 20 heavy (non-hydrogen) atoms. The molecule has 0 atom stereocenters. The third kappa shape index (κ3) is 5.87. The summed E-state index contributed by atoms with van der Waals surface area (Å²) in [6, 6.07) is 0. The van der Waals surface area contributed by atoms with Crippen molar-refractivity contribution in [3.8, 4) is 0 Å². The molecule has 0 amide bonds. The molecule has 0 nitrogen and oxygen atoms in total. The van der Waals surface area contributed by atoms with Crippen LogP contribution in [0.1, 0.15) is 11.1 Å². The molecule has 0 N–H and O–H groups in total. The van der Waals surface area contributed by atoms with Crippen LogP contribution in [0.4, 0.5) is 0 Å². The van der Waals surface area contributed by atoms with Crippen LogP contribution < -0.4 is 0 Å². The van der Waals surface area contributed by atoms with Crippen molar-refractivity contribution in [2.24, 2.45) is 0 Å². The highest BCUT2D eigenvalue weighted by atomic mass is 79.9. The van der Waals surface area contributed by atoms with Gasteiger partial charge in [-0.1, -0.05) is 0 Å². The van der Waals surface area contributed by atoms with E-state index in [2.05, 4.69) is 89.0 Å². The summed E-state index contributed by atoms with van der Waals surface area (Å²) in [7, 11) is 0. The minimum atomic E-state index is 0.908. The number of thiol groups is 2. The molecule has 1 aromatic carbocycles. The molecule has 114 valence electrons. The van der Waals surface area contributed by atoms with E-state index in [-0.39, 0.29) is 0 Å².